The molecule has 2 aromatic carbocycles. The van der Waals surface area contributed by atoms with Crippen LogP contribution in [-0.2, 0) is 26.0 Å². The Morgan fingerprint density at radius 1 is 1.16 bits per heavy atom. The van der Waals surface area contributed by atoms with Crippen molar-refractivity contribution in [3.05, 3.63) is 54.1 Å². The minimum atomic E-state index is -3.79. The summed E-state index contributed by atoms with van der Waals surface area (Å²) < 4.78 is 36.6. The molecule has 0 spiro atoms. The molecular formula is C17H19NO6S. The molecular weight excluding hydrogens is 346 g/mol. The largest absolute Gasteiger partial charge is 0.507 e. The molecule has 0 aliphatic heterocycles. The summed E-state index contributed by atoms with van der Waals surface area (Å²) in [6.45, 7) is -0.0447. The minimum Gasteiger partial charge on any atom is -0.507 e. The van der Waals surface area contributed by atoms with Gasteiger partial charge in [0.15, 0.2) is 6.61 Å². The van der Waals surface area contributed by atoms with Crippen molar-refractivity contribution in [2.24, 2.45) is 0 Å². The van der Waals surface area contributed by atoms with E-state index in [1.54, 1.807) is 24.3 Å². The maximum atomic E-state index is 12.2. The predicted molar refractivity (Wildman–Crippen MR) is 91.0 cm³/mol. The Morgan fingerprint density at radius 3 is 2.64 bits per heavy atom. The molecule has 8 heteroatoms. The standard InChI is InChI=1S/C17H19NO6S/c1-23-17(20)12-24-14-6-4-5-13(11-14)9-10-18-25(21,22)16-8-3-2-7-15(16)19/h2-8,11,18-19H,9-10,12H2,1H3. The van der Waals surface area contributed by atoms with Crippen LogP contribution in [0.15, 0.2) is 53.4 Å². The van der Waals surface area contributed by atoms with Crippen LogP contribution in [0.5, 0.6) is 11.5 Å². The number of hydrogen-bond donors (Lipinski definition) is 2. The molecule has 2 N–H and O–H groups in total. The molecule has 0 aliphatic rings. The number of esters is 1. The molecule has 0 radical (unpaired) electrons. The van der Waals surface area contributed by atoms with E-state index in [-0.39, 0.29) is 23.8 Å². The number of aromatic hydroxyl groups is 1. The molecule has 0 saturated carbocycles. The monoisotopic (exact) mass is 365 g/mol. The van der Waals surface area contributed by atoms with E-state index in [1.807, 2.05) is 6.07 Å². The average Bonchev–Trinajstić information content (AvgIpc) is 2.60. The van der Waals surface area contributed by atoms with Crippen molar-refractivity contribution in [3.63, 3.8) is 0 Å². The second-order valence-electron chi connectivity index (χ2n) is 5.13. The van der Waals surface area contributed by atoms with Gasteiger partial charge in [-0.2, -0.15) is 0 Å². The third kappa shape index (κ3) is 5.47. The zero-order valence-electron chi connectivity index (χ0n) is 13.6. The lowest BCUT2D eigenvalue weighted by Crippen LogP contribution is -2.26. The zero-order chi connectivity index (χ0) is 18.3. The molecule has 0 atom stereocenters. The summed E-state index contributed by atoms with van der Waals surface area (Å²) in [6.07, 6.45) is 0.419. The number of benzene rings is 2. The summed E-state index contributed by atoms with van der Waals surface area (Å²) in [5.74, 6) is -0.291. The van der Waals surface area contributed by atoms with Crippen LogP contribution in [0.25, 0.3) is 0 Å². The van der Waals surface area contributed by atoms with Crippen LogP contribution in [0.4, 0.5) is 0 Å². The molecule has 0 amide bonds. The number of methoxy groups -OCH3 is 1. The van der Waals surface area contributed by atoms with Gasteiger partial charge in [-0.1, -0.05) is 24.3 Å². The normalized spacial score (nSPS) is 11.1. The van der Waals surface area contributed by atoms with Gasteiger partial charge in [-0.15, -0.1) is 0 Å². The highest BCUT2D eigenvalue weighted by Crippen LogP contribution is 2.21. The van der Waals surface area contributed by atoms with E-state index in [1.165, 1.54) is 25.3 Å². The Hall–Kier alpha value is -2.58. The van der Waals surface area contributed by atoms with Crippen LogP contribution in [-0.4, -0.2) is 39.8 Å². The van der Waals surface area contributed by atoms with Gasteiger partial charge in [0, 0.05) is 6.54 Å². The van der Waals surface area contributed by atoms with Crippen LogP contribution in [0.1, 0.15) is 5.56 Å². The summed E-state index contributed by atoms with van der Waals surface area (Å²) >= 11 is 0. The molecule has 0 bridgehead atoms. The lowest BCUT2D eigenvalue weighted by atomic mass is 10.1. The zero-order valence-corrected chi connectivity index (χ0v) is 14.5. The Balaban J connectivity index is 1.93. The number of phenolic OH excluding ortho intramolecular Hbond substituents is 1. The van der Waals surface area contributed by atoms with Crippen molar-refractivity contribution in [2.45, 2.75) is 11.3 Å². The van der Waals surface area contributed by atoms with E-state index in [0.717, 1.165) is 5.56 Å². The number of hydrogen-bond acceptors (Lipinski definition) is 6. The van der Waals surface area contributed by atoms with Crippen molar-refractivity contribution in [2.75, 3.05) is 20.3 Å². The lowest BCUT2D eigenvalue weighted by molar-refractivity contribution is -0.142. The van der Waals surface area contributed by atoms with Crippen LogP contribution in [0.2, 0.25) is 0 Å². The van der Waals surface area contributed by atoms with Crippen molar-refractivity contribution in [1.29, 1.82) is 0 Å². The number of para-hydroxylation sites is 1. The maximum absolute atomic E-state index is 12.2. The van der Waals surface area contributed by atoms with Gasteiger partial charge in [0.2, 0.25) is 10.0 Å². The fraction of sp³-hybridized carbons (Fsp3) is 0.235. The topological polar surface area (TPSA) is 102 Å². The first-order chi connectivity index (χ1) is 11.9. The fourth-order valence-electron chi connectivity index (χ4n) is 2.08. The first-order valence-corrected chi connectivity index (χ1v) is 8.97. The van der Waals surface area contributed by atoms with E-state index in [0.29, 0.717) is 12.2 Å². The molecule has 0 heterocycles. The SMILES string of the molecule is COC(=O)COc1cccc(CCNS(=O)(=O)c2ccccc2O)c1. The molecule has 134 valence electrons. The van der Waals surface area contributed by atoms with Gasteiger partial charge < -0.3 is 14.6 Å². The van der Waals surface area contributed by atoms with E-state index >= 15 is 0 Å². The van der Waals surface area contributed by atoms with Gasteiger partial charge in [0.05, 0.1) is 7.11 Å². The second kappa shape index (κ2) is 8.50. The smallest absolute Gasteiger partial charge is 0.343 e. The summed E-state index contributed by atoms with van der Waals surface area (Å²) in [5.41, 5.74) is 0.836. The number of phenols is 1. The highest BCUT2D eigenvalue weighted by Gasteiger charge is 2.17. The number of carbonyl (C=O) groups is 1. The first kappa shape index (κ1) is 18.8. The molecule has 0 aliphatic carbocycles. The summed E-state index contributed by atoms with van der Waals surface area (Å²) in [4.78, 5) is 10.9. The highest BCUT2D eigenvalue weighted by atomic mass is 32.2. The van der Waals surface area contributed by atoms with Gasteiger partial charge in [0.25, 0.3) is 0 Å². The summed E-state index contributed by atoms with van der Waals surface area (Å²) in [5, 5.41) is 9.65. The molecule has 0 fully saturated rings. The van der Waals surface area contributed by atoms with Crippen LogP contribution < -0.4 is 9.46 Å². The highest BCUT2D eigenvalue weighted by molar-refractivity contribution is 7.89. The molecule has 0 unspecified atom stereocenters. The molecule has 0 aromatic heterocycles. The van der Waals surface area contributed by atoms with Crippen LogP contribution in [0.3, 0.4) is 0 Å². The van der Waals surface area contributed by atoms with Gasteiger partial charge in [0.1, 0.15) is 16.4 Å². The van der Waals surface area contributed by atoms with Gasteiger partial charge in [-0.05, 0) is 36.2 Å². The number of ether oxygens (including phenoxy) is 2. The van der Waals surface area contributed by atoms with E-state index < -0.39 is 16.0 Å². The predicted octanol–water partition coefficient (Wildman–Crippen LogP) is 1.46. The number of nitrogens with one attached hydrogen (secondary N) is 1. The molecule has 7 nitrogen and oxygen atoms in total. The number of sulfonamides is 1. The minimum absolute atomic E-state index is 0.150. The van der Waals surface area contributed by atoms with Crippen LogP contribution >= 0.6 is 0 Å². The van der Waals surface area contributed by atoms with E-state index in [9.17, 15) is 18.3 Å². The Kier molecular flexibility index (Phi) is 6.37. The Labute approximate surface area is 146 Å². The first-order valence-electron chi connectivity index (χ1n) is 7.48. The molecule has 0 saturated heterocycles. The molecule has 2 rings (SSSR count). The second-order valence-corrected chi connectivity index (χ2v) is 6.86. The van der Waals surface area contributed by atoms with Gasteiger partial charge in [-0.3, -0.25) is 0 Å². The third-order valence-electron chi connectivity index (χ3n) is 3.34. The van der Waals surface area contributed by atoms with Crippen LogP contribution in [0, 0.1) is 0 Å². The van der Waals surface area contributed by atoms with Crippen molar-refractivity contribution < 1.29 is 27.8 Å². The summed E-state index contributed by atoms with van der Waals surface area (Å²) in [6, 6.07) is 12.7. The van der Waals surface area contributed by atoms with E-state index in [2.05, 4.69) is 9.46 Å². The Bertz CT molecular complexity index is 835. The fourth-order valence-corrected chi connectivity index (χ4v) is 3.21. The summed E-state index contributed by atoms with van der Waals surface area (Å²) in [7, 11) is -2.51. The molecule has 2 aromatic rings. The maximum Gasteiger partial charge on any atom is 0.343 e. The quantitative estimate of drug-likeness (QED) is 0.687. The van der Waals surface area contributed by atoms with Crippen molar-refractivity contribution >= 4 is 16.0 Å². The number of rotatable bonds is 8. The molecule has 25 heavy (non-hydrogen) atoms. The lowest BCUT2D eigenvalue weighted by Gasteiger charge is -2.09. The van der Waals surface area contributed by atoms with E-state index in [4.69, 9.17) is 4.74 Å². The average molecular weight is 365 g/mol. The van der Waals surface area contributed by atoms with Crippen molar-refractivity contribution in [1.82, 2.24) is 4.72 Å². The third-order valence-corrected chi connectivity index (χ3v) is 4.85. The number of carbonyl (C=O) groups excluding carboxylic acids is 1. The van der Waals surface area contributed by atoms with Gasteiger partial charge >= 0.3 is 5.97 Å². The van der Waals surface area contributed by atoms with Crippen molar-refractivity contribution in [3.8, 4) is 11.5 Å². The van der Waals surface area contributed by atoms with Gasteiger partial charge in [-0.25, -0.2) is 17.9 Å². The Morgan fingerprint density at radius 2 is 1.92 bits per heavy atom.